The Kier molecular flexibility index (Phi) is 7.29. The molecule has 1 aliphatic heterocycles. The van der Waals surface area contributed by atoms with Gasteiger partial charge in [-0.3, -0.25) is 4.79 Å². The van der Waals surface area contributed by atoms with Gasteiger partial charge in [0.05, 0.1) is 5.41 Å². The molecule has 0 atom stereocenters. The minimum atomic E-state index is -0.337. The average molecular weight is 558 g/mol. The lowest BCUT2D eigenvalue weighted by atomic mass is 9.68. The SMILES string of the molecule is Cc1nc(-c2cccc(NC(=O)N3CCCN(c4nc(C5(c6ccccc6)CCC(=O)CC5)ns4)CC3)c2)no1. The molecule has 10 nitrogen and oxygen atoms in total. The standard InChI is InChI=1S/C29H31N7O3S/c1-20-30-25(33-39-20)21-7-5-10-23(19-21)31-27(38)35-15-6-16-36(18-17-35)28-32-26(34-40-28)29(13-11-24(37)12-14-29)22-8-3-2-4-9-22/h2-5,7-10,19H,6,11-18H2,1H3,(H,31,38). The molecule has 0 bridgehead atoms. The molecule has 0 unspecified atom stereocenters. The van der Waals surface area contributed by atoms with Gasteiger partial charge >= 0.3 is 6.03 Å². The summed E-state index contributed by atoms with van der Waals surface area (Å²) in [6.07, 6.45) is 3.38. The molecule has 1 N–H and O–H groups in total. The summed E-state index contributed by atoms with van der Waals surface area (Å²) in [5, 5.41) is 7.84. The average Bonchev–Trinajstić information content (AvgIpc) is 3.58. The highest BCUT2D eigenvalue weighted by Gasteiger charge is 2.41. The third-order valence-electron chi connectivity index (χ3n) is 7.78. The van der Waals surface area contributed by atoms with E-state index in [0.717, 1.165) is 42.3 Å². The fourth-order valence-corrected chi connectivity index (χ4v) is 6.37. The van der Waals surface area contributed by atoms with E-state index in [0.29, 0.717) is 55.7 Å². The molecule has 1 saturated carbocycles. The number of nitrogens with zero attached hydrogens (tertiary/aromatic N) is 6. The second-order valence-corrected chi connectivity index (χ2v) is 11.1. The van der Waals surface area contributed by atoms with Gasteiger partial charge in [0, 0.05) is 68.7 Å². The third kappa shape index (κ3) is 5.33. The summed E-state index contributed by atoms with van der Waals surface area (Å²) in [7, 11) is 0. The van der Waals surface area contributed by atoms with Gasteiger partial charge in [-0.15, -0.1) is 0 Å². The lowest BCUT2D eigenvalue weighted by Gasteiger charge is -2.35. The predicted octanol–water partition coefficient (Wildman–Crippen LogP) is 5.07. The summed E-state index contributed by atoms with van der Waals surface area (Å²) >= 11 is 1.41. The zero-order chi connectivity index (χ0) is 27.5. The van der Waals surface area contributed by atoms with Crippen LogP contribution in [0.4, 0.5) is 15.6 Å². The largest absolute Gasteiger partial charge is 0.345 e. The van der Waals surface area contributed by atoms with E-state index >= 15 is 0 Å². The monoisotopic (exact) mass is 557 g/mol. The normalized spacial score (nSPS) is 17.5. The van der Waals surface area contributed by atoms with Crippen LogP contribution < -0.4 is 10.2 Å². The van der Waals surface area contributed by atoms with E-state index in [4.69, 9.17) is 13.9 Å². The van der Waals surface area contributed by atoms with E-state index in [1.165, 1.54) is 17.1 Å². The Bertz CT molecular complexity index is 1490. The van der Waals surface area contributed by atoms with Gasteiger partial charge in [-0.05, 0) is 37.0 Å². The molecule has 4 aromatic rings. The zero-order valence-corrected chi connectivity index (χ0v) is 23.2. The lowest BCUT2D eigenvalue weighted by molar-refractivity contribution is -0.121. The number of ketones is 1. The first-order valence-electron chi connectivity index (χ1n) is 13.6. The number of urea groups is 1. The second-order valence-electron chi connectivity index (χ2n) is 10.4. The number of Topliss-reactive ketones (excluding diaryl/α,β-unsaturated/α-hetero) is 1. The molecule has 3 heterocycles. The van der Waals surface area contributed by atoms with E-state index in [1.807, 2.05) is 47.4 Å². The molecular weight excluding hydrogens is 526 g/mol. The van der Waals surface area contributed by atoms with Crippen LogP contribution >= 0.6 is 11.5 Å². The summed E-state index contributed by atoms with van der Waals surface area (Å²) in [5.41, 5.74) is 2.29. The van der Waals surface area contributed by atoms with Crippen LogP contribution in [0.15, 0.2) is 59.1 Å². The maximum Gasteiger partial charge on any atom is 0.321 e. The highest BCUT2D eigenvalue weighted by atomic mass is 32.1. The van der Waals surface area contributed by atoms with E-state index in [-0.39, 0.29) is 11.4 Å². The van der Waals surface area contributed by atoms with Gasteiger partial charge in [0.15, 0.2) is 5.82 Å². The number of carbonyl (C=O) groups excluding carboxylic acids is 2. The van der Waals surface area contributed by atoms with Crippen LogP contribution in [0, 0.1) is 6.92 Å². The molecule has 1 saturated heterocycles. The van der Waals surface area contributed by atoms with Crippen LogP contribution in [0.1, 0.15) is 49.4 Å². The number of hydrogen-bond acceptors (Lipinski definition) is 9. The summed E-state index contributed by atoms with van der Waals surface area (Å²) in [6, 6.07) is 17.6. The minimum absolute atomic E-state index is 0.142. The summed E-state index contributed by atoms with van der Waals surface area (Å²) in [6.45, 7) is 4.42. The molecule has 2 fully saturated rings. The predicted molar refractivity (Wildman–Crippen MR) is 152 cm³/mol. The molecule has 1 aliphatic carbocycles. The maximum absolute atomic E-state index is 13.1. The Morgan fingerprint density at radius 3 is 2.60 bits per heavy atom. The fraction of sp³-hybridized carbons (Fsp3) is 0.379. The topological polar surface area (TPSA) is 117 Å². The Morgan fingerprint density at radius 1 is 1.00 bits per heavy atom. The smallest absolute Gasteiger partial charge is 0.321 e. The number of amides is 2. The van der Waals surface area contributed by atoms with Crippen LogP contribution in [0.2, 0.25) is 0 Å². The fourth-order valence-electron chi connectivity index (χ4n) is 5.56. The lowest BCUT2D eigenvalue weighted by Crippen LogP contribution is -2.38. The van der Waals surface area contributed by atoms with Crippen molar-refractivity contribution in [2.24, 2.45) is 0 Å². The number of carbonyl (C=O) groups is 2. The number of aromatic nitrogens is 4. The molecule has 2 amide bonds. The molecule has 6 rings (SSSR count). The first-order chi connectivity index (χ1) is 19.5. The second kappa shape index (κ2) is 11.2. The maximum atomic E-state index is 13.1. The van der Waals surface area contributed by atoms with Crippen molar-refractivity contribution < 1.29 is 14.1 Å². The van der Waals surface area contributed by atoms with Crippen molar-refractivity contribution in [1.29, 1.82) is 0 Å². The number of hydrogen-bond donors (Lipinski definition) is 1. The van der Waals surface area contributed by atoms with Crippen molar-refractivity contribution in [1.82, 2.24) is 24.4 Å². The summed E-state index contributed by atoms with van der Waals surface area (Å²) in [4.78, 5) is 38.6. The highest BCUT2D eigenvalue weighted by Crippen LogP contribution is 2.43. The van der Waals surface area contributed by atoms with Crippen LogP contribution in [0.25, 0.3) is 11.4 Å². The van der Waals surface area contributed by atoms with Gasteiger partial charge in [-0.2, -0.15) is 9.36 Å². The Labute approximate surface area is 236 Å². The molecule has 40 heavy (non-hydrogen) atoms. The number of nitrogens with one attached hydrogen (secondary N) is 1. The first-order valence-corrected chi connectivity index (χ1v) is 14.4. The van der Waals surface area contributed by atoms with E-state index in [9.17, 15) is 9.59 Å². The molecule has 2 aliphatic rings. The van der Waals surface area contributed by atoms with Gasteiger partial charge in [-0.25, -0.2) is 9.78 Å². The summed E-state index contributed by atoms with van der Waals surface area (Å²) in [5.74, 6) is 2.10. The third-order valence-corrected chi connectivity index (χ3v) is 8.56. The first kappa shape index (κ1) is 26.1. The van der Waals surface area contributed by atoms with Crippen LogP contribution in [0.5, 0.6) is 0 Å². The number of aryl methyl sites for hydroxylation is 1. The van der Waals surface area contributed by atoms with Crippen molar-refractivity contribution in [3.05, 3.63) is 71.9 Å². The van der Waals surface area contributed by atoms with Crippen molar-refractivity contribution in [3.8, 4) is 11.4 Å². The molecule has 11 heteroatoms. The van der Waals surface area contributed by atoms with Crippen LogP contribution in [0.3, 0.4) is 0 Å². The van der Waals surface area contributed by atoms with Crippen molar-refractivity contribution >= 4 is 34.2 Å². The van der Waals surface area contributed by atoms with Crippen molar-refractivity contribution in [2.45, 2.75) is 44.4 Å². The molecule has 0 spiro atoms. The highest BCUT2D eigenvalue weighted by molar-refractivity contribution is 7.09. The summed E-state index contributed by atoms with van der Waals surface area (Å²) < 4.78 is 9.91. The molecule has 206 valence electrons. The Morgan fingerprint density at radius 2 is 1.82 bits per heavy atom. The minimum Gasteiger partial charge on any atom is -0.345 e. The Hall–Kier alpha value is -4.12. The number of benzene rings is 2. The van der Waals surface area contributed by atoms with Gasteiger partial charge in [0.1, 0.15) is 5.78 Å². The molecule has 2 aromatic heterocycles. The van der Waals surface area contributed by atoms with Crippen LogP contribution in [-0.4, -0.2) is 62.4 Å². The zero-order valence-electron chi connectivity index (χ0n) is 22.4. The van der Waals surface area contributed by atoms with Crippen molar-refractivity contribution in [2.75, 3.05) is 36.4 Å². The number of anilines is 2. The molecular formula is C29H31N7O3S. The van der Waals surface area contributed by atoms with E-state index in [2.05, 4.69) is 32.5 Å². The number of rotatable bonds is 5. The van der Waals surface area contributed by atoms with Gasteiger partial charge in [0.25, 0.3) is 0 Å². The molecule has 2 aromatic carbocycles. The molecule has 0 radical (unpaired) electrons. The van der Waals surface area contributed by atoms with E-state index < -0.39 is 0 Å². The van der Waals surface area contributed by atoms with E-state index in [1.54, 1.807) is 6.92 Å². The van der Waals surface area contributed by atoms with Gasteiger partial charge in [-0.1, -0.05) is 47.6 Å². The van der Waals surface area contributed by atoms with Gasteiger partial charge < -0.3 is 19.6 Å². The van der Waals surface area contributed by atoms with Gasteiger partial charge in [0.2, 0.25) is 16.8 Å². The Balaban J connectivity index is 1.13. The van der Waals surface area contributed by atoms with Crippen LogP contribution in [-0.2, 0) is 10.2 Å². The quantitative estimate of drug-likeness (QED) is 0.361. The van der Waals surface area contributed by atoms with Crippen molar-refractivity contribution in [3.63, 3.8) is 0 Å².